The van der Waals surface area contributed by atoms with Gasteiger partial charge in [-0.1, -0.05) is 24.3 Å². The van der Waals surface area contributed by atoms with Crippen molar-refractivity contribution in [3.8, 4) is 11.5 Å². The van der Waals surface area contributed by atoms with E-state index in [0.29, 0.717) is 0 Å². The third-order valence-corrected chi connectivity index (χ3v) is 5.60. The van der Waals surface area contributed by atoms with Crippen LogP contribution in [0.1, 0.15) is 62.4 Å². The summed E-state index contributed by atoms with van der Waals surface area (Å²) in [5.74, 6) is -2.40. The van der Waals surface area contributed by atoms with Crippen LogP contribution >= 0.6 is 0 Å². The smallest absolute Gasteiger partial charge is 0.198 e. The molecule has 7 heteroatoms. The molecule has 4 rings (SSSR count). The molecule has 2 aromatic rings. The second-order valence-corrected chi connectivity index (χ2v) is 7.22. The van der Waals surface area contributed by atoms with Crippen molar-refractivity contribution in [1.82, 2.24) is 0 Å². The van der Waals surface area contributed by atoms with Crippen molar-refractivity contribution >= 4 is 11.6 Å². The Morgan fingerprint density at radius 3 is 2.07 bits per heavy atom. The lowest BCUT2D eigenvalue weighted by Crippen LogP contribution is -2.47. The van der Waals surface area contributed by atoms with Gasteiger partial charge in [-0.15, -0.1) is 0 Å². The molecule has 0 heterocycles. The van der Waals surface area contributed by atoms with Crippen LogP contribution in [0.3, 0.4) is 0 Å². The molecule has 0 saturated carbocycles. The highest BCUT2D eigenvalue weighted by Gasteiger charge is 2.46. The fraction of sp³-hybridized carbons (Fsp3) is 0.300. The van der Waals surface area contributed by atoms with Crippen molar-refractivity contribution in [2.24, 2.45) is 0 Å². The predicted octanol–water partition coefficient (Wildman–Crippen LogP) is 0.965. The summed E-state index contributed by atoms with van der Waals surface area (Å²) in [5, 5.41) is 52.4. The van der Waals surface area contributed by atoms with E-state index in [1.165, 1.54) is 19.1 Å². The lowest BCUT2D eigenvalue weighted by molar-refractivity contribution is -0.0999. The first-order valence-electron chi connectivity index (χ1n) is 8.55. The largest absolute Gasteiger partial charge is 0.507 e. The molecule has 2 aliphatic rings. The standard InChI is InChI=1S/C20H18O7/c1-8(21)20(27)6-11-13(12(22)7-20)19(26)15-14(18(11)25)16(23)9-4-2-3-5-10(9)17(15)24/h2-5,8,12,21-22,25-27H,6-7H2,1H3/t8-,12-,20-/m0/s1. The zero-order valence-electron chi connectivity index (χ0n) is 14.4. The van der Waals surface area contributed by atoms with Crippen LogP contribution in [0, 0.1) is 0 Å². The fourth-order valence-electron chi connectivity index (χ4n) is 4.05. The lowest BCUT2D eigenvalue weighted by atomic mass is 9.72. The van der Waals surface area contributed by atoms with Crippen molar-refractivity contribution in [3.63, 3.8) is 0 Å². The molecule has 0 saturated heterocycles. The van der Waals surface area contributed by atoms with Gasteiger partial charge in [-0.2, -0.15) is 0 Å². The summed E-state index contributed by atoms with van der Waals surface area (Å²) in [6, 6.07) is 6.08. The molecule has 0 bridgehead atoms. The molecule has 0 spiro atoms. The highest BCUT2D eigenvalue weighted by atomic mass is 16.3. The lowest BCUT2D eigenvalue weighted by Gasteiger charge is -2.39. The first-order chi connectivity index (χ1) is 12.7. The summed E-state index contributed by atoms with van der Waals surface area (Å²) < 4.78 is 0. The van der Waals surface area contributed by atoms with Gasteiger partial charge in [0.1, 0.15) is 11.5 Å². The quantitative estimate of drug-likeness (QED) is 0.403. The predicted molar refractivity (Wildman–Crippen MR) is 93.0 cm³/mol. The van der Waals surface area contributed by atoms with Gasteiger partial charge in [-0.3, -0.25) is 9.59 Å². The summed E-state index contributed by atoms with van der Waals surface area (Å²) in [6.07, 6.45) is -3.23. The van der Waals surface area contributed by atoms with Crippen LogP contribution in [0.4, 0.5) is 0 Å². The highest BCUT2D eigenvalue weighted by molar-refractivity contribution is 6.30. The Morgan fingerprint density at radius 1 is 1.04 bits per heavy atom. The molecule has 2 aromatic carbocycles. The number of ketones is 2. The van der Waals surface area contributed by atoms with Gasteiger partial charge in [0.15, 0.2) is 11.6 Å². The summed E-state index contributed by atoms with van der Waals surface area (Å²) >= 11 is 0. The van der Waals surface area contributed by atoms with Gasteiger partial charge in [0.05, 0.1) is 28.9 Å². The number of phenolic OH excluding ortho intramolecular Hbond substituents is 2. The van der Waals surface area contributed by atoms with Gasteiger partial charge >= 0.3 is 0 Å². The molecule has 7 nitrogen and oxygen atoms in total. The van der Waals surface area contributed by atoms with E-state index in [0.717, 1.165) is 0 Å². The Hall–Kier alpha value is -2.74. The van der Waals surface area contributed by atoms with Crippen LogP contribution in [-0.4, -0.2) is 48.8 Å². The van der Waals surface area contributed by atoms with E-state index in [4.69, 9.17) is 0 Å². The van der Waals surface area contributed by atoms with Gasteiger partial charge in [-0.05, 0) is 6.92 Å². The molecule has 5 N–H and O–H groups in total. The average Bonchev–Trinajstić information content (AvgIpc) is 2.62. The normalized spacial score (nSPS) is 24.8. The Balaban J connectivity index is 2.02. The number of aliphatic hydroxyl groups is 3. The minimum atomic E-state index is -1.75. The Kier molecular flexibility index (Phi) is 3.68. The Morgan fingerprint density at radius 2 is 1.56 bits per heavy atom. The van der Waals surface area contributed by atoms with Crippen LogP contribution < -0.4 is 0 Å². The number of rotatable bonds is 1. The summed E-state index contributed by atoms with van der Waals surface area (Å²) in [4.78, 5) is 25.8. The minimum absolute atomic E-state index is 0.0473. The summed E-state index contributed by atoms with van der Waals surface area (Å²) in [7, 11) is 0. The second kappa shape index (κ2) is 5.63. The minimum Gasteiger partial charge on any atom is -0.507 e. The van der Waals surface area contributed by atoms with Gasteiger partial charge in [0.2, 0.25) is 0 Å². The van der Waals surface area contributed by atoms with Crippen molar-refractivity contribution in [2.75, 3.05) is 0 Å². The van der Waals surface area contributed by atoms with E-state index in [-0.39, 0.29) is 46.2 Å². The number of benzene rings is 2. The molecular formula is C20H18O7. The van der Waals surface area contributed by atoms with E-state index in [9.17, 15) is 35.1 Å². The van der Waals surface area contributed by atoms with Crippen molar-refractivity contribution in [3.05, 3.63) is 57.6 Å². The van der Waals surface area contributed by atoms with Crippen LogP contribution in [0.25, 0.3) is 0 Å². The topological polar surface area (TPSA) is 135 Å². The molecular weight excluding hydrogens is 352 g/mol. The highest BCUT2D eigenvalue weighted by Crippen LogP contribution is 2.50. The molecule has 0 aromatic heterocycles. The van der Waals surface area contributed by atoms with E-state index in [2.05, 4.69) is 0 Å². The molecule has 0 radical (unpaired) electrons. The van der Waals surface area contributed by atoms with Gasteiger partial charge < -0.3 is 25.5 Å². The maximum atomic E-state index is 12.9. The number of fused-ring (bicyclic) bond motifs is 3. The maximum absolute atomic E-state index is 12.9. The maximum Gasteiger partial charge on any atom is 0.198 e. The number of carbonyl (C=O) groups excluding carboxylic acids is 2. The number of phenols is 2. The van der Waals surface area contributed by atoms with Crippen LogP contribution in [-0.2, 0) is 6.42 Å². The number of hydrogen-bond donors (Lipinski definition) is 5. The van der Waals surface area contributed by atoms with E-state index in [1.807, 2.05) is 0 Å². The van der Waals surface area contributed by atoms with E-state index in [1.54, 1.807) is 12.1 Å². The molecule has 0 fully saturated rings. The zero-order valence-corrected chi connectivity index (χ0v) is 14.4. The third-order valence-electron chi connectivity index (χ3n) is 5.60. The molecule has 0 aliphatic heterocycles. The Labute approximate surface area is 154 Å². The molecule has 0 unspecified atom stereocenters. The summed E-state index contributed by atoms with van der Waals surface area (Å²) in [6.45, 7) is 1.35. The first kappa shape index (κ1) is 17.7. The van der Waals surface area contributed by atoms with Crippen molar-refractivity contribution in [1.29, 1.82) is 0 Å². The molecule has 3 atom stereocenters. The zero-order chi connectivity index (χ0) is 19.7. The van der Waals surface area contributed by atoms with Crippen molar-refractivity contribution in [2.45, 2.75) is 37.6 Å². The van der Waals surface area contributed by atoms with Crippen molar-refractivity contribution < 1.29 is 35.1 Å². The molecule has 140 valence electrons. The monoisotopic (exact) mass is 370 g/mol. The third kappa shape index (κ3) is 2.26. The van der Waals surface area contributed by atoms with E-state index < -0.39 is 40.9 Å². The second-order valence-electron chi connectivity index (χ2n) is 7.22. The molecule has 0 amide bonds. The van der Waals surface area contributed by atoms with Gasteiger partial charge in [0, 0.05) is 35.1 Å². The number of aliphatic hydroxyl groups excluding tert-OH is 2. The number of aromatic hydroxyl groups is 2. The van der Waals surface area contributed by atoms with Crippen LogP contribution in [0.2, 0.25) is 0 Å². The van der Waals surface area contributed by atoms with E-state index >= 15 is 0 Å². The van der Waals surface area contributed by atoms with Crippen LogP contribution in [0.15, 0.2) is 24.3 Å². The fourth-order valence-corrected chi connectivity index (χ4v) is 4.05. The Bertz CT molecular complexity index is 1010. The van der Waals surface area contributed by atoms with Gasteiger partial charge in [-0.25, -0.2) is 0 Å². The first-order valence-corrected chi connectivity index (χ1v) is 8.55. The summed E-state index contributed by atoms with van der Waals surface area (Å²) in [5.41, 5.74) is -2.38. The average molecular weight is 370 g/mol. The SMILES string of the molecule is C[C@H](O)[C@]1(O)Cc2c(O)c3c(c(O)c2[C@@H](O)C1)C(=O)c1ccccc1C3=O. The van der Waals surface area contributed by atoms with Crippen LogP contribution in [0.5, 0.6) is 11.5 Å². The van der Waals surface area contributed by atoms with Gasteiger partial charge in [0.25, 0.3) is 0 Å². The molecule has 2 aliphatic carbocycles. The number of hydrogen-bond acceptors (Lipinski definition) is 7. The number of carbonyl (C=O) groups is 2. The molecule has 27 heavy (non-hydrogen) atoms.